The molecule has 0 saturated carbocycles. The van der Waals surface area contributed by atoms with Crippen LogP contribution in [0.25, 0.3) is 0 Å². The molecule has 0 unspecified atom stereocenters. The molecule has 14 heavy (non-hydrogen) atoms. The smallest absolute Gasteiger partial charge is 0.188 e. The average Bonchev–Trinajstić information content (AvgIpc) is 2.61. The summed E-state index contributed by atoms with van der Waals surface area (Å²) in [5.74, 6) is 0. The van der Waals surface area contributed by atoms with Gasteiger partial charge < -0.3 is 5.32 Å². The molecule has 2 heterocycles. The van der Waals surface area contributed by atoms with Gasteiger partial charge in [0.2, 0.25) is 0 Å². The molecule has 4 nitrogen and oxygen atoms in total. The van der Waals surface area contributed by atoms with Gasteiger partial charge in [0.05, 0.1) is 11.4 Å². The largest absolute Gasteiger partial charge is 0.329 e. The van der Waals surface area contributed by atoms with Crippen LogP contribution in [0, 0.1) is 6.92 Å². The summed E-state index contributed by atoms with van der Waals surface area (Å²) in [4.78, 5) is 4.24. The second kappa shape index (κ2) is 3.70. The molecule has 2 aromatic heterocycles. The number of thiazole rings is 1. The molecule has 1 N–H and O–H groups in total. The van der Waals surface area contributed by atoms with Gasteiger partial charge in [-0.2, -0.15) is 5.10 Å². The van der Waals surface area contributed by atoms with E-state index in [9.17, 15) is 0 Å². The third-order valence-corrected chi connectivity index (χ3v) is 3.20. The van der Waals surface area contributed by atoms with E-state index in [1.165, 1.54) is 0 Å². The van der Waals surface area contributed by atoms with Gasteiger partial charge in [-0.3, -0.25) is 4.68 Å². The van der Waals surface area contributed by atoms with E-state index in [2.05, 4.69) is 31.3 Å². The predicted molar refractivity (Wildman–Crippen MR) is 61.0 cm³/mol. The maximum absolute atomic E-state index is 4.24. The molecular formula is C8H9BrN4S. The minimum Gasteiger partial charge on any atom is -0.329 e. The van der Waals surface area contributed by atoms with Gasteiger partial charge in [0.15, 0.2) is 5.13 Å². The Morgan fingerprint density at radius 2 is 2.36 bits per heavy atom. The van der Waals surface area contributed by atoms with Gasteiger partial charge in [0.1, 0.15) is 4.60 Å². The summed E-state index contributed by atoms with van der Waals surface area (Å²) >= 11 is 4.86. The number of aromatic nitrogens is 3. The third-order valence-electron chi connectivity index (χ3n) is 1.73. The minimum absolute atomic E-state index is 0.853. The first-order chi connectivity index (χ1) is 6.65. The van der Waals surface area contributed by atoms with E-state index in [4.69, 9.17) is 0 Å². The minimum atomic E-state index is 0.853. The fraction of sp³-hybridized carbons (Fsp3) is 0.250. The van der Waals surface area contributed by atoms with Crippen molar-refractivity contribution < 1.29 is 0 Å². The van der Waals surface area contributed by atoms with Gasteiger partial charge in [0.25, 0.3) is 0 Å². The highest BCUT2D eigenvalue weighted by Gasteiger charge is 2.05. The molecule has 0 atom stereocenters. The standard InChI is InChI=1S/C8H9BrN4S/c1-5-6(3-13(2)12-5)10-8-11-7(9)4-14-8/h3-4H,1-2H3,(H,10,11). The lowest BCUT2D eigenvalue weighted by molar-refractivity contribution is 0.756. The van der Waals surface area contributed by atoms with Crippen LogP contribution >= 0.6 is 27.3 Å². The third kappa shape index (κ3) is 1.96. The van der Waals surface area contributed by atoms with Crippen LogP contribution in [0.5, 0.6) is 0 Å². The second-order valence-corrected chi connectivity index (χ2v) is 4.57. The summed E-state index contributed by atoms with van der Waals surface area (Å²) in [6, 6.07) is 0. The number of nitrogens with one attached hydrogen (secondary N) is 1. The number of halogens is 1. The first-order valence-electron chi connectivity index (χ1n) is 4.03. The Bertz CT molecular complexity index is 448. The number of anilines is 2. The molecule has 0 radical (unpaired) electrons. The molecule has 74 valence electrons. The van der Waals surface area contributed by atoms with Crippen LogP contribution in [-0.2, 0) is 7.05 Å². The maximum Gasteiger partial charge on any atom is 0.188 e. The Kier molecular flexibility index (Phi) is 2.56. The Labute approximate surface area is 94.1 Å². The van der Waals surface area contributed by atoms with Crippen molar-refractivity contribution in [3.8, 4) is 0 Å². The van der Waals surface area contributed by atoms with Crippen molar-refractivity contribution in [3.63, 3.8) is 0 Å². The molecule has 6 heteroatoms. The zero-order valence-corrected chi connectivity index (χ0v) is 10.2. The lowest BCUT2D eigenvalue weighted by Crippen LogP contribution is -1.89. The quantitative estimate of drug-likeness (QED) is 0.914. The van der Waals surface area contributed by atoms with E-state index in [1.54, 1.807) is 16.0 Å². The Morgan fingerprint density at radius 1 is 1.57 bits per heavy atom. The van der Waals surface area contributed by atoms with Crippen LogP contribution in [0.4, 0.5) is 10.8 Å². The van der Waals surface area contributed by atoms with Gasteiger partial charge in [-0.15, -0.1) is 11.3 Å². The van der Waals surface area contributed by atoms with Crippen molar-refractivity contribution in [3.05, 3.63) is 21.9 Å². The molecule has 0 spiro atoms. The average molecular weight is 273 g/mol. The highest BCUT2D eigenvalue weighted by Crippen LogP contribution is 2.24. The Morgan fingerprint density at radius 3 is 2.86 bits per heavy atom. The normalized spacial score (nSPS) is 10.5. The Balaban J connectivity index is 2.22. The van der Waals surface area contributed by atoms with Crippen molar-refractivity contribution >= 4 is 38.1 Å². The lowest BCUT2D eigenvalue weighted by Gasteiger charge is -1.97. The van der Waals surface area contributed by atoms with Crippen molar-refractivity contribution in [1.82, 2.24) is 14.8 Å². The number of hydrogen-bond donors (Lipinski definition) is 1. The number of hydrogen-bond acceptors (Lipinski definition) is 4. The van der Waals surface area contributed by atoms with Crippen molar-refractivity contribution in [2.24, 2.45) is 7.05 Å². The summed E-state index contributed by atoms with van der Waals surface area (Å²) in [5, 5.41) is 10.2. The molecule has 0 aliphatic carbocycles. The monoisotopic (exact) mass is 272 g/mol. The fourth-order valence-corrected chi connectivity index (χ4v) is 2.31. The van der Waals surface area contributed by atoms with Gasteiger partial charge in [-0.05, 0) is 22.9 Å². The van der Waals surface area contributed by atoms with E-state index < -0.39 is 0 Å². The molecule has 0 amide bonds. The molecule has 0 aromatic carbocycles. The number of aryl methyl sites for hydroxylation is 2. The van der Waals surface area contributed by atoms with E-state index in [-0.39, 0.29) is 0 Å². The van der Waals surface area contributed by atoms with Crippen LogP contribution in [0.3, 0.4) is 0 Å². The van der Waals surface area contributed by atoms with Crippen molar-refractivity contribution in [2.75, 3.05) is 5.32 Å². The van der Waals surface area contributed by atoms with E-state index in [0.717, 1.165) is 21.1 Å². The molecule has 2 rings (SSSR count). The predicted octanol–water partition coefficient (Wildman–Crippen LogP) is 2.69. The molecule has 0 aliphatic heterocycles. The van der Waals surface area contributed by atoms with Crippen LogP contribution in [0.2, 0.25) is 0 Å². The van der Waals surface area contributed by atoms with E-state index in [0.29, 0.717) is 0 Å². The number of nitrogens with zero attached hydrogens (tertiary/aromatic N) is 3. The molecule has 2 aromatic rings. The highest BCUT2D eigenvalue weighted by molar-refractivity contribution is 9.10. The molecule has 0 saturated heterocycles. The molecule has 0 fully saturated rings. The maximum atomic E-state index is 4.24. The zero-order valence-electron chi connectivity index (χ0n) is 7.78. The van der Waals surface area contributed by atoms with Crippen molar-refractivity contribution in [1.29, 1.82) is 0 Å². The second-order valence-electron chi connectivity index (χ2n) is 2.90. The van der Waals surface area contributed by atoms with Gasteiger partial charge in [-0.1, -0.05) is 0 Å². The van der Waals surface area contributed by atoms with Crippen molar-refractivity contribution in [2.45, 2.75) is 6.92 Å². The van der Waals surface area contributed by atoms with E-state index in [1.807, 2.05) is 25.5 Å². The van der Waals surface area contributed by atoms with Crippen LogP contribution < -0.4 is 5.32 Å². The zero-order chi connectivity index (χ0) is 10.1. The van der Waals surface area contributed by atoms with Crippen LogP contribution in [-0.4, -0.2) is 14.8 Å². The summed E-state index contributed by atoms with van der Waals surface area (Å²) in [6.07, 6.45) is 1.94. The van der Waals surface area contributed by atoms with Gasteiger partial charge in [0, 0.05) is 18.6 Å². The lowest BCUT2D eigenvalue weighted by atomic mass is 10.4. The summed E-state index contributed by atoms with van der Waals surface area (Å²) in [6.45, 7) is 1.96. The van der Waals surface area contributed by atoms with Crippen LogP contribution in [0.1, 0.15) is 5.69 Å². The number of rotatable bonds is 2. The first kappa shape index (κ1) is 9.67. The van der Waals surface area contributed by atoms with Gasteiger partial charge in [-0.25, -0.2) is 4.98 Å². The van der Waals surface area contributed by atoms with E-state index >= 15 is 0 Å². The van der Waals surface area contributed by atoms with Gasteiger partial charge >= 0.3 is 0 Å². The molecular weight excluding hydrogens is 264 g/mol. The topological polar surface area (TPSA) is 42.7 Å². The first-order valence-corrected chi connectivity index (χ1v) is 5.71. The summed E-state index contributed by atoms with van der Waals surface area (Å²) < 4.78 is 2.63. The SMILES string of the molecule is Cc1nn(C)cc1Nc1nc(Br)cs1. The molecule has 0 aliphatic rings. The Hall–Kier alpha value is -0.880. The van der Waals surface area contributed by atoms with Crippen LogP contribution in [0.15, 0.2) is 16.2 Å². The summed E-state index contributed by atoms with van der Waals surface area (Å²) in [5.41, 5.74) is 1.97. The summed E-state index contributed by atoms with van der Waals surface area (Å²) in [7, 11) is 1.90. The fourth-order valence-electron chi connectivity index (χ4n) is 1.15. The highest BCUT2D eigenvalue weighted by atomic mass is 79.9. The molecule has 0 bridgehead atoms.